The minimum absolute atomic E-state index is 0.313. The molecule has 0 aliphatic carbocycles. The Morgan fingerprint density at radius 2 is 2.38 bits per heavy atom. The van der Waals surface area contributed by atoms with Crippen molar-refractivity contribution in [3.05, 3.63) is 34.9 Å². The zero-order chi connectivity index (χ0) is 11.4. The van der Waals surface area contributed by atoms with Crippen LogP contribution in [0.3, 0.4) is 0 Å². The van der Waals surface area contributed by atoms with E-state index in [4.69, 9.17) is 16.3 Å². The minimum Gasteiger partial charge on any atom is -0.375 e. The predicted molar refractivity (Wildman–Crippen MR) is 70.3 cm³/mol. The van der Waals surface area contributed by atoms with Gasteiger partial charge < -0.3 is 4.74 Å². The Balaban J connectivity index is 1.94. The van der Waals surface area contributed by atoms with Gasteiger partial charge >= 0.3 is 0 Å². The number of morpholine rings is 1. The number of halogens is 2. The van der Waals surface area contributed by atoms with E-state index in [9.17, 15) is 0 Å². The van der Waals surface area contributed by atoms with Crippen molar-refractivity contribution in [1.29, 1.82) is 0 Å². The summed E-state index contributed by atoms with van der Waals surface area (Å²) in [7, 11) is 0. The Labute approximate surface area is 110 Å². The molecule has 16 heavy (non-hydrogen) atoms. The predicted octanol–water partition coefficient (Wildman–Crippen LogP) is 2.94. The lowest BCUT2D eigenvalue weighted by Crippen LogP contribution is -2.42. The second-order valence-electron chi connectivity index (χ2n) is 4.01. The maximum absolute atomic E-state index is 5.97. The minimum atomic E-state index is 0.313. The number of benzene rings is 1. The van der Waals surface area contributed by atoms with E-state index in [1.807, 2.05) is 18.2 Å². The van der Waals surface area contributed by atoms with Crippen LogP contribution in [0.2, 0.25) is 5.02 Å². The Morgan fingerprint density at radius 1 is 1.50 bits per heavy atom. The van der Waals surface area contributed by atoms with Gasteiger partial charge in [0.1, 0.15) is 0 Å². The van der Waals surface area contributed by atoms with E-state index in [-0.39, 0.29) is 0 Å². The Kier molecular flexibility index (Phi) is 4.65. The number of hydrogen-bond acceptors (Lipinski definition) is 2. The van der Waals surface area contributed by atoms with Crippen molar-refractivity contribution in [2.75, 3.05) is 25.0 Å². The molecule has 1 fully saturated rings. The van der Waals surface area contributed by atoms with Crippen LogP contribution in [-0.4, -0.2) is 36.0 Å². The van der Waals surface area contributed by atoms with E-state index in [2.05, 4.69) is 26.9 Å². The van der Waals surface area contributed by atoms with Crippen LogP contribution in [0.4, 0.5) is 0 Å². The SMILES string of the molecule is Clc1cccc(CN2CCOC(CBr)C2)c1. The Hall–Kier alpha value is -0.0900. The molecule has 1 aromatic rings. The van der Waals surface area contributed by atoms with Gasteiger partial charge in [0.25, 0.3) is 0 Å². The molecule has 1 atom stereocenters. The second-order valence-corrected chi connectivity index (χ2v) is 5.10. The molecule has 88 valence electrons. The Bertz CT molecular complexity index is 348. The van der Waals surface area contributed by atoms with E-state index in [0.717, 1.165) is 36.6 Å². The fourth-order valence-corrected chi connectivity index (χ4v) is 2.52. The van der Waals surface area contributed by atoms with Gasteiger partial charge in [-0.3, -0.25) is 4.90 Å². The van der Waals surface area contributed by atoms with Gasteiger partial charge in [-0.25, -0.2) is 0 Å². The van der Waals surface area contributed by atoms with Gasteiger partial charge in [0.15, 0.2) is 0 Å². The average Bonchev–Trinajstić information content (AvgIpc) is 2.29. The van der Waals surface area contributed by atoms with Crippen molar-refractivity contribution in [3.63, 3.8) is 0 Å². The van der Waals surface area contributed by atoms with Gasteiger partial charge in [0.05, 0.1) is 12.7 Å². The Morgan fingerprint density at radius 3 is 3.12 bits per heavy atom. The lowest BCUT2D eigenvalue weighted by atomic mass is 10.2. The molecule has 1 aliphatic rings. The highest BCUT2D eigenvalue weighted by Crippen LogP contribution is 2.15. The van der Waals surface area contributed by atoms with Gasteiger partial charge in [-0.1, -0.05) is 39.7 Å². The molecule has 1 unspecified atom stereocenters. The molecule has 1 aliphatic heterocycles. The number of ether oxygens (including phenoxy) is 1. The molecular weight excluding hydrogens is 289 g/mol. The van der Waals surface area contributed by atoms with Gasteiger partial charge in [-0.2, -0.15) is 0 Å². The van der Waals surface area contributed by atoms with Crippen LogP contribution in [0.5, 0.6) is 0 Å². The topological polar surface area (TPSA) is 12.5 Å². The third-order valence-electron chi connectivity index (χ3n) is 2.69. The van der Waals surface area contributed by atoms with Crippen LogP contribution in [0, 0.1) is 0 Å². The number of hydrogen-bond donors (Lipinski definition) is 0. The molecule has 1 aromatic carbocycles. The third-order valence-corrected chi connectivity index (χ3v) is 3.65. The first-order valence-electron chi connectivity index (χ1n) is 5.42. The molecule has 0 N–H and O–H groups in total. The van der Waals surface area contributed by atoms with Crippen LogP contribution < -0.4 is 0 Å². The average molecular weight is 305 g/mol. The normalized spacial score (nSPS) is 22.2. The summed E-state index contributed by atoms with van der Waals surface area (Å²) in [6.07, 6.45) is 0.313. The molecule has 1 saturated heterocycles. The number of alkyl halides is 1. The van der Waals surface area contributed by atoms with Crippen molar-refractivity contribution in [2.45, 2.75) is 12.6 Å². The maximum atomic E-state index is 5.97. The quantitative estimate of drug-likeness (QED) is 0.796. The smallest absolute Gasteiger partial charge is 0.0799 e. The summed E-state index contributed by atoms with van der Waals surface area (Å²) in [6.45, 7) is 3.75. The summed E-state index contributed by atoms with van der Waals surface area (Å²) in [4.78, 5) is 2.40. The molecule has 2 rings (SSSR count). The van der Waals surface area contributed by atoms with Crippen molar-refractivity contribution in [3.8, 4) is 0 Å². The zero-order valence-corrected chi connectivity index (χ0v) is 11.4. The van der Waals surface area contributed by atoms with E-state index in [0.29, 0.717) is 6.10 Å². The first-order valence-corrected chi connectivity index (χ1v) is 6.92. The first kappa shape index (κ1) is 12.4. The largest absolute Gasteiger partial charge is 0.375 e. The van der Waals surface area contributed by atoms with Crippen molar-refractivity contribution in [2.24, 2.45) is 0 Å². The fraction of sp³-hybridized carbons (Fsp3) is 0.500. The molecule has 1 heterocycles. The summed E-state index contributed by atoms with van der Waals surface area (Å²) in [5.74, 6) is 0. The molecule has 0 amide bonds. The summed E-state index contributed by atoms with van der Waals surface area (Å²) in [6, 6.07) is 8.05. The molecule has 0 aromatic heterocycles. The van der Waals surface area contributed by atoms with Gasteiger partial charge in [0.2, 0.25) is 0 Å². The van der Waals surface area contributed by atoms with Crippen molar-refractivity contribution >= 4 is 27.5 Å². The van der Waals surface area contributed by atoms with E-state index in [1.165, 1.54) is 5.56 Å². The highest BCUT2D eigenvalue weighted by molar-refractivity contribution is 9.09. The lowest BCUT2D eigenvalue weighted by Gasteiger charge is -2.32. The monoisotopic (exact) mass is 303 g/mol. The summed E-state index contributed by atoms with van der Waals surface area (Å²) >= 11 is 9.43. The van der Waals surface area contributed by atoms with Crippen molar-refractivity contribution < 1.29 is 4.74 Å². The van der Waals surface area contributed by atoms with E-state index in [1.54, 1.807) is 0 Å². The van der Waals surface area contributed by atoms with Gasteiger partial charge in [-0.15, -0.1) is 0 Å². The fourth-order valence-electron chi connectivity index (χ4n) is 1.91. The molecule has 4 heteroatoms. The van der Waals surface area contributed by atoms with Gasteiger partial charge in [0, 0.05) is 30.0 Å². The van der Waals surface area contributed by atoms with Gasteiger partial charge in [-0.05, 0) is 17.7 Å². The van der Waals surface area contributed by atoms with Crippen LogP contribution in [-0.2, 0) is 11.3 Å². The standard InChI is InChI=1S/C12H15BrClNO/c13-7-12-9-15(4-5-16-12)8-10-2-1-3-11(14)6-10/h1-3,6,12H,4-5,7-9H2. The first-order chi connectivity index (χ1) is 7.78. The summed E-state index contributed by atoms with van der Waals surface area (Å²) in [5, 5.41) is 1.71. The number of rotatable bonds is 3. The molecule has 2 nitrogen and oxygen atoms in total. The summed E-state index contributed by atoms with van der Waals surface area (Å²) in [5.41, 5.74) is 1.27. The molecule has 0 spiro atoms. The summed E-state index contributed by atoms with van der Waals surface area (Å²) < 4.78 is 5.60. The van der Waals surface area contributed by atoms with Crippen LogP contribution >= 0.6 is 27.5 Å². The van der Waals surface area contributed by atoms with E-state index >= 15 is 0 Å². The van der Waals surface area contributed by atoms with Crippen LogP contribution in [0.25, 0.3) is 0 Å². The molecule has 0 bridgehead atoms. The molecule has 0 radical (unpaired) electrons. The maximum Gasteiger partial charge on any atom is 0.0799 e. The van der Waals surface area contributed by atoms with Crippen LogP contribution in [0.15, 0.2) is 24.3 Å². The highest BCUT2D eigenvalue weighted by atomic mass is 79.9. The molecular formula is C12H15BrClNO. The molecule has 0 saturated carbocycles. The van der Waals surface area contributed by atoms with E-state index < -0.39 is 0 Å². The van der Waals surface area contributed by atoms with Crippen LogP contribution in [0.1, 0.15) is 5.56 Å². The second kappa shape index (κ2) is 6.01. The van der Waals surface area contributed by atoms with Crippen molar-refractivity contribution in [1.82, 2.24) is 4.90 Å². The number of nitrogens with zero attached hydrogens (tertiary/aromatic N) is 1. The highest BCUT2D eigenvalue weighted by Gasteiger charge is 2.19. The third kappa shape index (κ3) is 3.45. The zero-order valence-electron chi connectivity index (χ0n) is 9.03. The lowest BCUT2D eigenvalue weighted by molar-refractivity contribution is -0.0181.